The van der Waals surface area contributed by atoms with Crippen molar-refractivity contribution in [3.05, 3.63) is 65.0 Å². The van der Waals surface area contributed by atoms with Crippen molar-refractivity contribution in [2.24, 2.45) is 17.8 Å². The van der Waals surface area contributed by atoms with E-state index < -0.39 is 52.9 Å². The predicted octanol–water partition coefficient (Wildman–Crippen LogP) is 5.34. The van der Waals surface area contributed by atoms with Crippen molar-refractivity contribution >= 4 is 23.5 Å². The first kappa shape index (κ1) is 25.7. The zero-order chi connectivity index (χ0) is 26.2. The number of carboxylic acids is 1. The molecule has 2 fully saturated rings. The maximum absolute atomic E-state index is 14.3. The van der Waals surface area contributed by atoms with Crippen molar-refractivity contribution in [2.75, 3.05) is 12.4 Å². The number of hydrogen-bond donors (Lipinski definition) is 2. The first-order valence-corrected chi connectivity index (χ1v) is 11.6. The predicted molar refractivity (Wildman–Crippen MR) is 121 cm³/mol. The minimum atomic E-state index is -4.73. The molecule has 2 aliphatic rings. The molecule has 0 aromatic heterocycles. The van der Waals surface area contributed by atoms with Gasteiger partial charge in [0.25, 0.3) is 0 Å². The van der Waals surface area contributed by atoms with Crippen LogP contribution in [0.15, 0.2) is 42.5 Å². The lowest BCUT2D eigenvalue weighted by atomic mass is 9.69. The van der Waals surface area contributed by atoms with E-state index >= 15 is 0 Å². The number of ether oxygens (including phenoxy) is 1. The Morgan fingerprint density at radius 1 is 0.972 bits per heavy atom. The fourth-order valence-electron chi connectivity index (χ4n) is 5.19. The summed E-state index contributed by atoms with van der Waals surface area (Å²) in [7, 11) is 1.34. The summed E-state index contributed by atoms with van der Waals surface area (Å²) >= 11 is 0. The van der Waals surface area contributed by atoms with Crippen molar-refractivity contribution in [2.45, 2.75) is 43.7 Å². The van der Waals surface area contributed by atoms with Gasteiger partial charge in [-0.25, -0.2) is 4.39 Å². The molecular weight excluding hydrogens is 482 g/mol. The van der Waals surface area contributed by atoms with E-state index in [-0.39, 0.29) is 24.2 Å². The summed E-state index contributed by atoms with van der Waals surface area (Å²) in [5, 5.41) is 12.3. The summed E-state index contributed by atoms with van der Waals surface area (Å²) in [5.74, 6) is -6.12. The van der Waals surface area contributed by atoms with Crippen LogP contribution in [0.25, 0.3) is 0 Å². The highest BCUT2D eigenvalue weighted by atomic mass is 19.4. The molecule has 0 unspecified atom stereocenters. The molecule has 10 heteroatoms. The number of carbonyl (C=O) groups excluding carboxylic acids is 2. The van der Waals surface area contributed by atoms with Crippen molar-refractivity contribution < 1.29 is 41.8 Å². The summed E-state index contributed by atoms with van der Waals surface area (Å²) < 4.78 is 57.4. The first-order chi connectivity index (χ1) is 17.0. The molecule has 36 heavy (non-hydrogen) atoms. The van der Waals surface area contributed by atoms with Crippen LogP contribution in [-0.2, 0) is 25.3 Å². The number of amides is 1. The topological polar surface area (TPSA) is 92.7 Å². The van der Waals surface area contributed by atoms with Crippen LogP contribution in [0.2, 0.25) is 0 Å². The van der Waals surface area contributed by atoms with E-state index in [9.17, 15) is 37.1 Å². The van der Waals surface area contributed by atoms with Gasteiger partial charge < -0.3 is 15.2 Å². The zero-order valence-corrected chi connectivity index (χ0v) is 19.3. The van der Waals surface area contributed by atoms with Gasteiger partial charge in [0.05, 0.1) is 36.1 Å². The van der Waals surface area contributed by atoms with E-state index in [2.05, 4.69) is 5.32 Å². The second-order valence-electron chi connectivity index (χ2n) is 9.33. The highest BCUT2D eigenvalue weighted by molar-refractivity contribution is 5.95. The van der Waals surface area contributed by atoms with Gasteiger partial charge in [-0.2, -0.15) is 13.2 Å². The maximum atomic E-state index is 14.3. The molecule has 0 bridgehead atoms. The Balaban J connectivity index is 1.50. The Morgan fingerprint density at radius 3 is 2.17 bits per heavy atom. The lowest BCUT2D eigenvalue weighted by molar-refractivity contribution is -0.148. The SMILES string of the molecule is COC(=O)[C@H]1C[C@H]1c1ccc([C@H]2CCC[C@@H](C(=O)Nc3ccc(C(F)(F)F)cc3F)[C@@H]2C(=O)O)cc1. The van der Waals surface area contributed by atoms with Crippen LogP contribution in [0.1, 0.15) is 54.2 Å². The number of carbonyl (C=O) groups is 3. The number of alkyl halides is 3. The molecule has 0 radical (unpaired) electrons. The molecule has 2 N–H and O–H groups in total. The molecule has 0 spiro atoms. The summed E-state index contributed by atoms with van der Waals surface area (Å²) in [6.07, 6.45) is -2.71. The largest absolute Gasteiger partial charge is 0.481 e. The third-order valence-corrected chi connectivity index (χ3v) is 7.16. The van der Waals surface area contributed by atoms with Gasteiger partial charge in [0.2, 0.25) is 5.91 Å². The zero-order valence-electron chi connectivity index (χ0n) is 19.3. The summed E-state index contributed by atoms with van der Waals surface area (Å²) in [5.41, 5.74) is 0.0587. The molecule has 2 aliphatic carbocycles. The number of nitrogens with one attached hydrogen (secondary N) is 1. The van der Waals surface area contributed by atoms with E-state index in [0.29, 0.717) is 31.4 Å². The van der Waals surface area contributed by atoms with Gasteiger partial charge in [0, 0.05) is 0 Å². The van der Waals surface area contributed by atoms with Gasteiger partial charge in [0.1, 0.15) is 5.82 Å². The summed E-state index contributed by atoms with van der Waals surface area (Å²) in [4.78, 5) is 36.9. The number of hydrogen-bond acceptors (Lipinski definition) is 4. The second-order valence-corrected chi connectivity index (χ2v) is 9.33. The Bertz CT molecular complexity index is 1160. The molecule has 0 heterocycles. The number of benzene rings is 2. The third-order valence-electron chi connectivity index (χ3n) is 7.16. The van der Waals surface area contributed by atoms with Crippen LogP contribution in [0.3, 0.4) is 0 Å². The van der Waals surface area contributed by atoms with E-state index in [1.807, 2.05) is 12.1 Å². The normalized spacial score (nSPS) is 25.6. The van der Waals surface area contributed by atoms with E-state index in [1.54, 1.807) is 12.1 Å². The molecular formula is C26H25F4NO5. The fourth-order valence-corrected chi connectivity index (χ4v) is 5.19. The van der Waals surface area contributed by atoms with Crippen LogP contribution in [0, 0.1) is 23.6 Å². The third kappa shape index (κ3) is 5.22. The Labute approximate surface area is 204 Å². The van der Waals surface area contributed by atoms with Gasteiger partial charge in [0.15, 0.2) is 0 Å². The van der Waals surface area contributed by atoms with Crippen LogP contribution in [0.5, 0.6) is 0 Å². The molecule has 0 saturated heterocycles. The van der Waals surface area contributed by atoms with Crippen molar-refractivity contribution in [3.8, 4) is 0 Å². The number of rotatable bonds is 6. The van der Waals surface area contributed by atoms with Gasteiger partial charge in [-0.3, -0.25) is 14.4 Å². The van der Waals surface area contributed by atoms with Crippen molar-refractivity contribution in [1.29, 1.82) is 0 Å². The Morgan fingerprint density at radius 2 is 1.61 bits per heavy atom. The highest BCUT2D eigenvalue weighted by Gasteiger charge is 2.46. The van der Waals surface area contributed by atoms with Crippen LogP contribution in [-0.4, -0.2) is 30.1 Å². The molecule has 2 aromatic rings. The number of anilines is 1. The maximum Gasteiger partial charge on any atom is 0.416 e. The summed E-state index contributed by atoms with van der Waals surface area (Å²) in [6, 6.07) is 9.08. The Kier molecular flexibility index (Phi) is 7.06. The van der Waals surface area contributed by atoms with Crippen LogP contribution < -0.4 is 5.32 Å². The first-order valence-electron chi connectivity index (χ1n) is 11.6. The average molecular weight is 507 g/mol. The molecule has 2 saturated carbocycles. The second kappa shape index (κ2) is 9.91. The quantitative estimate of drug-likeness (QED) is 0.407. The fraction of sp³-hybridized carbons (Fsp3) is 0.423. The number of carboxylic acid groups (broad SMARTS) is 1. The molecule has 4 rings (SSSR count). The summed E-state index contributed by atoms with van der Waals surface area (Å²) in [6.45, 7) is 0. The van der Waals surface area contributed by atoms with Crippen LogP contribution >= 0.6 is 0 Å². The van der Waals surface area contributed by atoms with E-state index in [0.717, 1.165) is 17.2 Å². The molecule has 0 aliphatic heterocycles. The smallest absolute Gasteiger partial charge is 0.416 e. The van der Waals surface area contributed by atoms with Gasteiger partial charge in [-0.05, 0) is 60.4 Å². The number of methoxy groups -OCH3 is 1. The number of esters is 1. The van der Waals surface area contributed by atoms with Crippen molar-refractivity contribution in [3.63, 3.8) is 0 Å². The Hall–Kier alpha value is -3.43. The van der Waals surface area contributed by atoms with Gasteiger partial charge in [-0.15, -0.1) is 0 Å². The minimum Gasteiger partial charge on any atom is -0.481 e. The van der Waals surface area contributed by atoms with Gasteiger partial charge in [-0.1, -0.05) is 30.7 Å². The standard InChI is InChI=1S/C26H25F4NO5/c1-36-25(35)19-12-18(19)14-7-5-13(6-8-14)16-3-2-4-17(22(16)24(33)34)23(32)31-21-10-9-15(11-20(21)27)26(28,29)30/h5-11,16-19,22H,2-4,12H2,1H3,(H,31,32)(H,33,34)/t16-,17-,18+,19+,22-/m1/s1. The number of halogens is 4. The molecule has 1 amide bonds. The lowest BCUT2D eigenvalue weighted by Gasteiger charge is -2.35. The highest BCUT2D eigenvalue weighted by Crippen LogP contribution is 2.49. The minimum absolute atomic E-state index is 0.0604. The van der Waals surface area contributed by atoms with E-state index in [1.165, 1.54) is 7.11 Å². The lowest BCUT2D eigenvalue weighted by Crippen LogP contribution is -2.40. The number of aliphatic carboxylic acids is 1. The van der Waals surface area contributed by atoms with Gasteiger partial charge >= 0.3 is 18.1 Å². The van der Waals surface area contributed by atoms with Crippen LogP contribution in [0.4, 0.5) is 23.2 Å². The molecule has 5 atom stereocenters. The van der Waals surface area contributed by atoms with Crippen molar-refractivity contribution in [1.82, 2.24) is 0 Å². The molecule has 6 nitrogen and oxygen atoms in total. The average Bonchev–Trinajstić information content (AvgIpc) is 3.64. The monoisotopic (exact) mass is 507 g/mol. The molecule has 2 aromatic carbocycles. The molecule has 192 valence electrons. The van der Waals surface area contributed by atoms with E-state index in [4.69, 9.17) is 4.74 Å².